The van der Waals surface area contributed by atoms with E-state index in [9.17, 15) is 4.79 Å². The third kappa shape index (κ3) is 4.80. The lowest BCUT2D eigenvalue weighted by atomic mass is 10.2. The van der Waals surface area contributed by atoms with E-state index in [4.69, 9.17) is 9.15 Å². The van der Waals surface area contributed by atoms with Crippen LogP contribution in [-0.2, 0) is 4.79 Å². The van der Waals surface area contributed by atoms with Crippen molar-refractivity contribution in [3.8, 4) is 5.75 Å². The molecule has 1 aromatic carbocycles. The number of furan rings is 1. The molecule has 0 aliphatic heterocycles. The molecule has 5 heteroatoms. The Labute approximate surface area is 123 Å². The van der Waals surface area contributed by atoms with E-state index in [2.05, 4.69) is 10.5 Å². The molecule has 0 saturated heterocycles. The zero-order chi connectivity index (χ0) is 14.9. The van der Waals surface area contributed by atoms with Crippen LogP contribution in [-0.4, -0.2) is 18.2 Å². The number of carbonyl (C=O) groups is 1. The van der Waals surface area contributed by atoms with Gasteiger partial charge in [0.25, 0.3) is 5.91 Å². The number of carbonyl (C=O) groups excluding carboxylic acids is 1. The fourth-order valence-corrected chi connectivity index (χ4v) is 1.77. The molecule has 1 atom stereocenters. The molecule has 0 bridgehead atoms. The lowest BCUT2D eigenvalue weighted by Crippen LogP contribution is -2.35. The lowest BCUT2D eigenvalue weighted by Gasteiger charge is -2.16. The van der Waals surface area contributed by atoms with Crippen molar-refractivity contribution in [2.45, 2.75) is 25.9 Å². The standard InChI is InChI=1S/C16H18N2O3/c1-2-7-15(21-13-8-4-3-5-9-13)16(19)18-17-12-14-10-6-11-20-14/h3-6,8-12,15H,2,7H2,1H3,(H,18,19). The molecular weight excluding hydrogens is 268 g/mol. The van der Waals surface area contributed by atoms with E-state index in [0.717, 1.165) is 6.42 Å². The number of hydrazone groups is 1. The smallest absolute Gasteiger partial charge is 0.281 e. The van der Waals surface area contributed by atoms with Gasteiger partial charge in [0, 0.05) is 0 Å². The maximum absolute atomic E-state index is 12.1. The van der Waals surface area contributed by atoms with E-state index in [1.54, 1.807) is 18.4 Å². The van der Waals surface area contributed by atoms with Crippen LogP contribution in [0.1, 0.15) is 25.5 Å². The molecule has 1 unspecified atom stereocenters. The van der Waals surface area contributed by atoms with Gasteiger partial charge in [-0.25, -0.2) is 5.43 Å². The van der Waals surface area contributed by atoms with Crippen LogP contribution in [0.3, 0.4) is 0 Å². The number of nitrogens with zero attached hydrogens (tertiary/aromatic N) is 1. The zero-order valence-electron chi connectivity index (χ0n) is 11.9. The lowest BCUT2D eigenvalue weighted by molar-refractivity contribution is -0.128. The summed E-state index contributed by atoms with van der Waals surface area (Å²) >= 11 is 0. The molecule has 2 rings (SSSR count). The average molecular weight is 286 g/mol. The third-order valence-corrected chi connectivity index (χ3v) is 2.77. The van der Waals surface area contributed by atoms with Crippen LogP contribution in [0.2, 0.25) is 0 Å². The van der Waals surface area contributed by atoms with Crippen LogP contribution in [0.4, 0.5) is 0 Å². The number of amides is 1. The predicted octanol–water partition coefficient (Wildman–Crippen LogP) is 2.98. The van der Waals surface area contributed by atoms with E-state index >= 15 is 0 Å². The molecule has 0 fully saturated rings. The second-order valence-electron chi connectivity index (χ2n) is 4.46. The second-order valence-corrected chi connectivity index (χ2v) is 4.46. The van der Waals surface area contributed by atoms with E-state index in [1.807, 2.05) is 37.3 Å². The molecule has 0 radical (unpaired) electrons. The fourth-order valence-electron chi connectivity index (χ4n) is 1.77. The predicted molar refractivity (Wildman–Crippen MR) is 80.2 cm³/mol. The van der Waals surface area contributed by atoms with Gasteiger partial charge in [0.1, 0.15) is 11.5 Å². The Hall–Kier alpha value is -2.56. The Bertz CT molecular complexity index is 564. The number of rotatable bonds is 7. The highest BCUT2D eigenvalue weighted by Gasteiger charge is 2.18. The summed E-state index contributed by atoms with van der Waals surface area (Å²) in [6.07, 6.45) is 3.89. The first-order valence-electron chi connectivity index (χ1n) is 6.87. The summed E-state index contributed by atoms with van der Waals surface area (Å²) in [6, 6.07) is 12.8. The van der Waals surface area contributed by atoms with Crippen LogP contribution >= 0.6 is 0 Å². The van der Waals surface area contributed by atoms with Gasteiger partial charge in [0.05, 0.1) is 12.5 Å². The molecule has 0 saturated carbocycles. The first-order valence-corrected chi connectivity index (χ1v) is 6.87. The van der Waals surface area contributed by atoms with Crippen LogP contribution in [0.5, 0.6) is 5.75 Å². The molecule has 1 aromatic heterocycles. The number of benzene rings is 1. The molecule has 110 valence electrons. The van der Waals surface area contributed by atoms with Crippen molar-refractivity contribution < 1.29 is 13.9 Å². The van der Waals surface area contributed by atoms with Gasteiger partial charge in [0.15, 0.2) is 6.10 Å². The SMILES string of the molecule is CCCC(Oc1ccccc1)C(=O)NN=Cc1ccco1. The van der Waals surface area contributed by atoms with Gasteiger partial charge in [0.2, 0.25) is 0 Å². The highest BCUT2D eigenvalue weighted by Crippen LogP contribution is 2.13. The van der Waals surface area contributed by atoms with Crippen molar-refractivity contribution in [1.29, 1.82) is 0 Å². The minimum absolute atomic E-state index is 0.275. The van der Waals surface area contributed by atoms with Crippen LogP contribution in [0, 0.1) is 0 Å². The van der Waals surface area contributed by atoms with Gasteiger partial charge in [-0.3, -0.25) is 4.79 Å². The molecule has 2 aromatic rings. The molecule has 1 heterocycles. The minimum atomic E-state index is -0.564. The highest BCUT2D eigenvalue weighted by molar-refractivity contribution is 5.83. The van der Waals surface area contributed by atoms with E-state index in [-0.39, 0.29) is 5.91 Å². The van der Waals surface area contributed by atoms with E-state index in [1.165, 1.54) is 6.21 Å². The number of nitrogens with one attached hydrogen (secondary N) is 1. The third-order valence-electron chi connectivity index (χ3n) is 2.77. The van der Waals surface area contributed by atoms with Crippen LogP contribution in [0.15, 0.2) is 58.2 Å². The maximum atomic E-state index is 12.1. The summed E-state index contributed by atoms with van der Waals surface area (Å²) in [5, 5.41) is 3.86. The van der Waals surface area contributed by atoms with Crippen molar-refractivity contribution in [1.82, 2.24) is 5.43 Å². The minimum Gasteiger partial charge on any atom is -0.481 e. The molecule has 21 heavy (non-hydrogen) atoms. The number of para-hydroxylation sites is 1. The monoisotopic (exact) mass is 286 g/mol. The Morgan fingerprint density at radius 1 is 1.33 bits per heavy atom. The molecular formula is C16H18N2O3. The van der Waals surface area contributed by atoms with Crippen LogP contribution in [0.25, 0.3) is 0 Å². The Morgan fingerprint density at radius 2 is 2.14 bits per heavy atom. The molecule has 1 amide bonds. The summed E-state index contributed by atoms with van der Waals surface area (Å²) in [7, 11) is 0. The van der Waals surface area contributed by atoms with Crippen molar-refractivity contribution >= 4 is 12.1 Å². The molecule has 1 N–H and O–H groups in total. The molecule has 5 nitrogen and oxygen atoms in total. The van der Waals surface area contributed by atoms with Gasteiger partial charge in [-0.15, -0.1) is 0 Å². The van der Waals surface area contributed by atoms with E-state index < -0.39 is 6.10 Å². The average Bonchev–Trinajstić information content (AvgIpc) is 3.01. The molecule has 0 aliphatic rings. The Morgan fingerprint density at radius 3 is 2.81 bits per heavy atom. The van der Waals surface area contributed by atoms with Crippen molar-refractivity contribution in [2.75, 3.05) is 0 Å². The summed E-state index contributed by atoms with van der Waals surface area (Å²) in [5.74, 6) is 0.968. The second kappa shape index (κ2) is 7.89. The van der Waals surface area contributed by atoms with Gasteiger partial charge >= 0.3 is 0 Å². The summed E-state index contributed by atoms with van der Waals surface area (Å²) < 4.78 is 10.8. The van der Waals surface area contributed by atoms with Gasteiger partial charge < -0.3 is 9.15 Å². The van der Waals surface area contributed by atoms with Gasteiger partial charge in [-0.2, -0.15) is 5.10 Å². The molecule has 0 aliphatic carbocycles. The zero-order valence-corrected chi connectivity index (χ0v) is 11.9. The number of hydrogen-bond donors (Lipinski definition) is 1. The summed E-state index contributed by atoms with van der Waals surface area (Å²) in [4.78, 5) is 12.1. The quantitative estimate of drug-likeness (QED) is 0.628. The van der Waals surface area contributed by atoms with Crippen molar-refractivity contribution in [3.63, 3.8) is 0 Å². The maximum Gasteiger partial charge on any atom is 0.281 e. The van der Waals surface area contributed by atoms with Crippen molar-refractivity contribution in [2.24, 2.45) is 5.10 Å². The highest BCUT2D eigenvalue weighted by atomic mass is 16.5. The first-order chi connectivity index (χ1) is 10.3. The van der Waals surface area contributed by atoms with Gasteiger partial charge in [-0.1, -0.05) is 31.5 Å². The number of ether oxygens (including phenoxy) is 1. The van der Waals surface area contributed by atoms with E-state index in [0.29, 0.717) is 17.9 Å². The van der Waals surface area contributed by atoms with Crippen LogP contribution < -0.4 is 10.2 Å². The topological polar surface area (TPSA) is 63.8 Å². The number of hydrogen-bond acceptors (Lipinski definition) is 4. The van der Waals surface area contributed by atoms with Crippen molar-refractivity contribution in [3.05, 3.63) is 54.5 Å². The summed E-state index contributed by atoms with van der Waals surface area (Å²) in [6.45, 7) is 2.00. The normalized spacial score (nSPS) is 12.2. The first kappa shape index (κ1) is 14.8. The largest absolute Gasteiger partial charge is 0.481 e. The Kier molecular flexibility index (Phi) is 5.58. The Balaban J connectivity index is 1.92. The molecule has 0 spiro atoms. The summed E-state index contributed by atoms with van der Waals surface area (Å²) in [5.41, 5.74) is 2.47. The van der Waals surface area contributed by atoms with Gasteiger partial charge in [-0.05, 0) is 30.7 Å². The fraction of sp³-hybridized carbons (Fsp3) is 0.250.